The summed E-state index contributed by atoms with van der Waals surface area (Å²) in [6, 6.07) is 0. The molecule has 74 heavy (non-hydrogen) atoms. The number of allylic oxidation sites excluding steroid dienone is 17. The largest absolute Gasteiger partial charge is 0.472 e. The predicted octanol–water partition coefficient (Wildman–Crippen LogP) is 17.0. The van der Waals surface area contributed by atoms with Crippen molar-refractivity contribution in [2.45, 2.75) is 238 Å². The Morgan fingerprint density at radius 3 is 1.15 bits per heavy atom. The average Bonchev–Trinajstić information content (AvgIpc) is 3.39. The Morgan fingerprint density at radius 1 is 0.405 bits per heavy atom. The molecule has 3 atom stereocenters. The summed E-state index contributed by atoms with van der Waals surface area (Å²) in [6.07, 6.45) is 66.5. The van der Waals surface area contributed by atoms with Gasteiger partial charge in [-0.25, -0.2) is 4.57 Å². The zero-order valence-corrected chi connectivity index (χ0v) is 47.4. The van der Waals surface area contributed by atoms with Gasteiger partial charge in [0, 0.05) is 12.8 Å². The molecule has 422 valence electrons. The summed E-state index contributed by atoms with van der Waals surface area (Å²) < 4.78 is 39.4. The zero-order valence-electron chi connectivity index (χ0n) is 46.5. The van der Waals surface area contributed by atoms with Gasteiger partial charge in [0.2, 0.25) is 0 Å². The van der Waals surface area contributed by atoms with Crippen LogP contribution in [-0.2, 0) is 42.2 Å². The van der Waals surface area contributed by atoms with Gasteiger partial charge in [-0.15, -0.1) is 0 Å². The van der Waals surface area contributed by atoms with Crippen molar-refractivity contribution < 1.29 is 52.2 Å². The van der Waals surface area contributed by atoms with Crippen molar-refractivity contribution in [2.24, 2.45) is 0 Å². The van der Waals surface area contributed by atoms with Gasteiger partial charge in [0.25, 0.3) is 0 Å². The van der Waals surface area contributed by atoms with Crippen LogP contribution in [0, 0.1) is 0 Å². The molecule has 0 spiro atoms. The van der Waals surface area contributed by atoms with Gasteiger partial charge in [-0.05, 0) is 83.5 Å². The number of phosphoric ester groups is 1. The number of ether oxygens (including phenoxy) is 3. The van der Waals surface area contributed by atoms with E-state index in [9.17, 15) is 28.9 Å². The van der Waals surface area contributed by atoms with E-state index in [0.717, 1.165) is 83.5 Å². The normalized spacial score (nSPS) is 14.2. The number of unbranched alkanes of at least 4 members (excludes halogenated alkanes) is 18. The zero-order chi connectivity index (χ0) is 54.1. The van der Waals surface area contributed by atoms with Crippen molar-refractivity contribution in [2.75, 3.05) is 26.4 Å². The molecule has 0 aromatic heterocycles. The summed E-state index contributed by atoms with van der Waals surface area (Å²) in [6.45, 7) is 4.26. The molecule has 0 aliphatic rings. The molecule has 11 nitrogen and oxygen atoms in total. The van der Waals surface area contributed by atoms with Crippen LogP contribution in [0.15, 0.2) is 109 Å². The Labute approximate surface area is 450 Å². The first-order chi connectivity index (χ1) is 36.2. The highest BCUT2D eigenvalue weighted by Gasteiger charge is 2.28. The number of aliphatic hydroxyl groups is 1. The monoisotopic (exact) mass is 1050 g/mol. The molecule has 0 aromatic rings. The van der Waals surface area contributed by atoms with Crippen LogP contribution in [0.2, 0.25) is 0 Å². The van der Waals surface area contributed by atoms with Crippen molar-refractivity contribution in [1.29, 1.82) is 0 Å². The second kappa shape index (κ2) is 55.4. The number of esters is 3. The van der Waals surface area contributed by atoms with Crippen molar-refractivity contribution in [1.82, 2.24) is 0 Å². The lowest BCUT2D eigenvalue weighted by Crippen LogP contribution is -2.30. The summed E-state index contributed by atoms with van der Waals surface area (Å²) in [5.74, 6) is -1.66. The van der Waals surface area contributed by atoms with Crippen molar-refractivity contribution in [3.8, 4) is 0 Å². The van der Waals surface area contributed by atoms with Crippen molar-refractivity contribution in [3.63, 3.8) is 0 Å². The lowest BCUT2D eigenvalue weighted by molar-refractivity contribution is -0.161. The number of rotatable bonds is 52. The third-order valence-corrected chi connectivity index (χ3v) is 12.7. The molecule has 0 radical (unpaired) electrons. The number of aliphatic hydroxyl groups excluding tert-OH is 1. The Hall–Kier alpha value is -3.86. The molecule has 0 fully saturated rings. The van der Waals surface area contributed by atoms with Crippen LogP contribution in [0.25, 0.3) is 0 Å². The fraction of sp³-hybridized carbons (Fsp3) is 0.661. The quantitative estimate of drug-likeness (QED) is 0.0197. The summed E-state index contributed by atoms with van der Waals surface area (Å²) in [5.41, 5.74) is 0. The summed E-state index contributed by atoms with van der Waals surface area (Å²) >= 11 is 0. The Balaban J connectivity index is 4.86. The fourth-order valence-electron chi connectivity index (χ4n) is 7.42. The molecule has 0 saturated carbocycles. The van der Waals surface area contributed by atoms with E-state index in [1.54, 1.807) is 6.08 Å². The van der Waals surface area contributed by atoms with Crippen LogP contribution in [0.3, 0.4) is 0 Å². The van der Waals surface area contributed by atoms with Crippen LogP contribution < -0.4 is 0 Å². The molecule has 0 aliphatic carbocycles. The molecular weight excluding hydrogens is 952 g/mol. The van der Waals surface area contributed by atoms with Gasteiger partial charge in [-0.3, -0.25) is 23.4 Å². The van der Waals surface area contributed by atoms with Crippen molar-refractivity contribution in [3.05, 3.63) is 109 Å². The molecule has 3 unspecified atom stereocenters. The molecule has 0 amide bonds. The Bertz CT molecular complexity index is 1660. The molecule has 2 N–H and O–H groups in total. The van der Waals surface area contributed by atoms with E-state index in [0.29, 0.717) is 19.3 Å². The highest BCUT2D eigenvalue weighted by molar-refractivity contribution is 7.47. The molecule has 0 heterocycles. The van der Waals surface area contributed by atoms with Gasteiger partial charge in [0.15, 0.2) is 6.10 Å². The minimum absolute atomic E-state index is 0.0114. The second-order valence-electron chi connectivity index (χ2n) is 18.7. The highest BCUT2D eigenvalue weighted by Crippen LogP contribution is 2.43. The minimum atomic E-state index is -4.78. The van der Waals surface area contributed by atoms with Crippen LogP contribution in [0.1, 0.15) is 226 Å². The molecule has 0 bridgehead atoms. The van der Waals surface area contributed by atoms with Crippen LogP contribution in [0.5, 0.6) is 0 Å². The maximum atomic E-state index is 12.9. The molecule has 12 heteroatoms. The first kappa shape index (κ1) is 70.1. The van der Waals surface area contributed by atoms with E-state index >= 15 is 0 Å². The van der Waals surface area contributed by atoms with Gasteiger partial charge in [-0.2, -0.15) is 0 Å². The van der Waals surface area contributed by atoms with E-state index in [1.165, 1.54) is 83.5 Å². The van der Waals surface area contributed by atoms with Gasteiger partial charge in [0.1, 0.15) is 12.7 Å². The van der Waals surface area contributed by atoms with E-state index in [-0.39, 0.29) is 19.3 Å². The van der Waals surface area contributed by atoms with E-state index in [2.05, 4.69) is 112 Å². The van der Waals surface area contributed by atoms with Crippen LogP contribution >= 0.6 is 7.82 Å². The van der Waals surface area contributed by atoms with Crippen LogP contribution in [0.4, 0.5) is 0 Å². The number of phosphoric acid groups is 1. The average molecular weight is 1060 g/mol. The first-order valence-corrected chi connectivity index (χ1v) is 30.3. The molecular formula is C62H103O11P. The van der Waals surface area contributed by atoms with E-state index in [1.807, 2.05) is 12.2 Å². The molecule has 0 aromatic carbocycles. The lowest BCUT2D eigenvalue weighted by atomic mass is 10.0. The third kappa shape index (κ3) is 53.0. The van der Waals surface area contributed by atoms with Gasteiger partial charge >= 0.3 is 25.7 Å². The lowest BCUT2D eigenvalue weighted by Gasteiger charge is -2.21. The third-order valence-electron chi connectivity index (χ3n) is 11.7. The molecule has 0 rings (SSSR count). The summed E-state index contributed by atoms with van der Waals surface area (Å²) in [4.78, 5) is 48.5. The minimum Gasteiger partial charge on any atom is -0.461 e. The van der Waals surface area contributed by atoms with Gasteiger partial charge < -0.3 is 24.2 Å². The maximum absolute atomic E-state index is 12.9. The van der Waals surface area contributed by atoms with Gasteiger partial charge in [-0.1, -0.05) is 233 Å². The Kier molecular flexibility index (Phi) is 52.5. The maximum Gasteiger partial charge on any atom is 0.472 e. The predicted molar refractivity (Wildman–Crippen MR) is 307 cm³/mol. The number of hydrogen-bond acceptors (Lipinski definition) is 10. The smallest absolute Gasteiger partial charge is 0.461 e. The first-order valence-electron chi connectivity index (χ1n) is 28.8. The molecule has 0 aliphatic heterocycles. The number of hydrogen-bond donors (Lipinski definition) is 2. The Morgan fingerprint density at radius 2 is 0.743 bits per heavy atom. The fourth-order valence-corrected chi connectivity index (χ4v) is 8.20. The van der Waals surface area contributed by atoms with Crippen LogP contribution in [-0.4, -0.2) is 66.5 Å². The summed E-state index contributed by atoms with van der Waals surface area (Å²) in [5, 5.41) is 9.80. The summed E-state index contributed by atoms with van der Waals surface area (Å²) in [7, 11) is -4.78. The van der Waals surface area contributed by atoms with Crippen molar-refractivity contribution >= 4 is 25.7 Å². The topological polar surface area (TPSA) is 155 Å². The molecule has 0 saturated heterocycles. The number of carbonyl (C=O) groups excluding carboxylic acids is 3. The van der Waals surface area contributed by atoms with E-state index in [4.69, 9.17) is 23.3 Å². The highest BCUT2D eigenvalue weighted by atomic mass is 31.2. The SMILES string of the molecule is CC/C=C\C/C=C\C/C=C\C/C=C\C/C=C\CC(=O)OCC(COP(=O)(O)OCC(CO)OC(=O)CCCC/C=C\C/C=C\C/C=C\C/C=C\CC)OC(=O)CCCCCCCCCCCCCCCCCCC. The number of carbonyl (C=O) groups is 3. The second-order valence-corrected chi connectivity index (χ2v) is 20.2. The van der Waals surface area contributed by atoms with E-state index < -0.39 is 64.4 Å². The standard InChI is InChI=1S/C62H103O11P/c1-4-7-10-13-16-19-22-25-28-29-32-35-38-41-44-47-50-53-62(66)73-59(55-69-60(64)51-48-45-42-39-36-33-30-26-23-20-17-14-11-8-5-2)57-71-74(67,68)70-56-58(54-63)72-61(65)52-49-46-43-40-37-34-31-27-24-21-18-15-12-9-6-3/h8-9,11-12,17-18,20-21,26-27,30-31,36-37,39-40,45,48,58-59,63H,4-7,10,13-16,19,22-25,28-29,32-35,38,41-44,46-47,49-57H2,1-3H3,(H,67,68)/b11-8-,12-9-,20-17-,21-18-,30-26-,31-27-,39-36-,40-37-,48-45-. The van der Waals surface area contributed by atoms with Gasteiger partial charge in [0.05, 0.1) is 26.2 Å².